The molecule has 0 radical (unpaired) electrons. The van der Waals surface area contributed by atoms with Crippen molar-refractivity contribution in [3.63, 3.8) is 0 Å². The van der Waals surface area contributed by atoms with Crippen LogP contribution in [0.5, 0.6) is 5.75 Å². The Bertz CT molecular complexity index is 985. The van der Waals surface area contributed by atoms with Crippen molar-refractivity contribution in [3.05, 3.63) is 53.9 Å². The van der Waals surface area contributed by atoms with Crippen molar-refractivity contribution in [2.75, 3.05) is 12.4 Å². The Morgan fingerprint density at radius 2 is 1.63 bits per heavy atom. The van der Waals surface area contributed by atoms with E-state index in [1.54, 1.807) is 0 Å². The third-order valence-corrected chi connectivity index (χ3v) is 3.61. The molecule has 0 fully saturated rings. The van der Waals surface area contributed by atoms with Crippen LogP contribution in [0.1, 0.15) is 11.4 Å². The molecule has 0 atom stereocenters. The predicted molar refractivity (Wildman–Crippen MR) is 85.8 cm³/mol. The van der Waals surface area contributed by atoms with Gasteiger partial charge < -0.3 is 10.1 Å². The van der Waals surface area contributed by atoms with Crippen LogP contribution in [0.4, 0.5) is 37.8 Å². The fourth-order valence-electron chi connectivity index (χ4n) is 2.37. The van der Waals surface area contributed by atoms with Gasteiger partial charge in [-0.05, 0) is 30.3 Å². The maximum Gasteiger partial charge on any atom is 0.451 e. The van der Waals surface area contributed by atoms with E-state index in [2.05, 4.69) is 15.3 Å². The highest BCUT2D eigenvalue weighted by Gasteiger charge is 2.36. The third-order valence-electron chi connectivity index (χ3n) is 3.61. The Morgan fingerprint density at radius 1 is 0.889 bits per heavy atom. The summed E-state index contributed by atoms with van der Waals surface area (Å²) >= 11 is 0. The van der Waals surface area contributed by atoms with Gasteiger partial charge in [-0.25, -0.2) is 9.97 Å². The van der Waals surface area contributed by atoms with Gasteiger partial charge in [0.1, 0.15) is 11.6 Å². The number of nitrogens with zero attached hydrogens (tertiary/aromatic N) is 2. The summed E-state index contributed by atoms with van der Waals surface area (Å²) in [6.45, 7) is 0. The molecule has 10 heteroatoms. The van der Waals surface area contributed by atoms with Gasteiger partial charge in [0.05, 0.1) is 18.2 Å². The van der Waals surface area contributed by atoms with Gasteiger partial charge in [-0.1, -0.05) is 6.07 Å². The number of fused-ring (bicyclic) bond motifs is 1. The predicted octanol–water partition coefficient (Wildman–Crippen LogP) is 5.42. The Kier molecular flexibility index (Phi) is 4.58. The summed E-state index contributed by atoms with van der Waals surface area (Å²) in [5.74, 6) is -1.41. The molecule has 1 N–H and O–H groups in total. The van der Waals surface area contributed by atoms with E-state index in [0.717, 1.165) is 18.2 Å². The molecule has 0 bridgehead atoms. The number of hydrogen-bond donors (Lipinski definition) is 1. The standard InChI is InChI=1S/C17H11F6N3O/c1-27-11-5-6-12-13(8-11)25-15(17(21,22)23)26-14(12)24-10-4-2-3-9(7-10)16(18,19)20/h2-8H,1H3,(H,24,25,26). The summed E-state index contributed by atoms with van der Waals surface area (Å²) in [6, 6.07) is 8.26. The van der Waals surface area contributed by atoms with Crippen molar-refractivity contribution in [2.24, 2.45) is 0 Å². The molecule has 1 heterocycles. The highest BCUT2D eigenvalue weighted by Crippen LogP contribution is 2.34. The van der Waals surface area contributed by atoms with Crippen LogP contribution in [0.25, 0.3) is 10.9 Å². The van der Waals surface area contributed by atoms with Gasteiger partial charge >= 0.3 is 12.4 Å². The van der Waals surface area contributed by atoms with E-state index in [1.165, 1.54) is 31.4 Å². The topological polar surface area (TPSA) is 47.0 Å². The van der Waals surface area contributed by atoms with Crippen LogP contribution in [-0.2, 0) is 12.4 Å². The number of hydrogen-bond acceptors (Lipinski definition) is 4. The highest BCUT2D eigenvalue weighted by atomic mass is 19.4. The van der Waals surface area contributed by atoms with Crippen LogP contribution >= 0.6 is 0 Å². The normalized spacial score (nSPS) is 12.3. The molecule has 3 aromatic rings. The molecule has 0 amide bonds. The summed E-state index contributed by atoms with van der Waals surface area (Å²) in [5, 5.41) is 2.71. The molecule has 0 aliphatic rings. The van der Waals surface area contributed by atoms with Crippen LogP contribution in [0.15, 0.2) is 42.5 Å². The van der Waals surface area contributed by atoms with E-state index in [1.807, 2.05) is 0 Å². The lowest BCUT2D eigenvalue weighted by Crippen LogP contribution is -2.13. The van der Waals surface area contributed by atoms with Crippen LogP contribution in [0, 0.1) is 0 Å². The van der Waals surface area contributed by atoms with Gasteiger partial charge in [0.25, 0.3) is 0 Å². The Balaban J connectivity index is 2.13. The zero-order valence-corrected chi connectivity index (χ0v) is 13.6. The number of anilines is 2. The summed E-state index contributed by atoms with van der Waals surface area (Å²) in [4.78, 5) is 6.92. The minimum Gasteiger partial charge on any atom is -0.497 e. The summed E-state index contributed by atoms with van der Waals surface area (Å²) in [5.41, 5.74) is -1.07. The molecule has 0 aliphatic heterocycles. The first kappa shape index (κ1) is 18.7. The molecule has 0 saturated carbocycles. The highest BCUT2D eigenvalue weighted by molar-refractivity contribution is 5.91. The number of rotatable bonds is 3. The Morgan fingerprint density at radius 3 is 2.26 bits per heavy atom. The molecule has 142 valence electrons. The molecule has 3 rings (SSSR count). The number of methoxy groups -OCH3 is 1. The average molecular weight is 387 g/mol. The maximum atomic E-state index is 13.1. The van der Waals surface area contributed by atoms with E-state index in [4.69, 9.17) is 4.74 Å². The lowest BCUT2D eigenvalue weighted by atomic mass is 10.1. The molecule has 1 aromatic heterocycles. The van der Waals surface area contributed by atoms with Crippen LogP contribution in [0.3, 0.4) is 0 Å². The SMILES string of the molecule is COc1ccc2c(Nc3cccc(C(F)(F)F)c3)nc(C(F)(F)F)nc2c1. The van der Waals surface area contributed by atoms with E-state index in [0.29, 0.717) is 0 Å². The number of ether oxygens (including phenoxy) is 1. The number of halogens is 6. The van der Waals surface area contributed by atoms with Crippen LogP contribution in [-0.4, -0.2) is 17.1 Å². The van der Waals surface area contributed by atoms with E-state index >= 15 is 0 Å². The number of alkyl halides is 6. The molecule has 0 spiro atoms. The second kappa shape index (κ2) is 6.60. The summed E-state index contributed by atoms with van der Waals surface area (Å²) in [7, 11) is 1.34. The summed E-state index contributed by atoms with van der Waals surface area (Å²) < 4.78 is 82.8. The van der Waals surface area contributed by atoms with Crippen molar-refractivity contribution < 1.29 is 31.1 Å². The minimum atomic E-state index is -4.83. The monoisotopic (exact) mass is 387 g/mol. The van der Waals surface area contributed by atoms with Crippen LogP contribution in [0.2, 0.25) is 0 Å². The molecule has 0 aliphatic carbocycles. The molecule has 27 heavy (non-hydrogen) atoms. The van der Waals surface area contributed by atoms with Gasteiger partial charge in [-0.15, -0.1) is 0 Å². The molecular formula is C17H11F6N3O. The lowest BCUT2D eigenvalue weighted by Gasteiger charge is -2.14. The second-order valence-corrected chi connectivity index (χ2v) is 5.48. The molecular weight excluding hydrogens is 376 g/mol. The quantitative estimate of drug-likeness (QED) is 0.610. The van der Waals surface area contributed by atoms with E-state index in [-0.39, 0.29) is 28.2 Å². The van der Waals surface area contributed by atoms with Crippen molar-refractivity contribution in [3.8, 4) is 5.75 Å². The third kappa shape index (κ3) is 4.04. The van der Waals surface area contributed by atoms with Crippen molar-refractivity contribution in [1.29, 1.82) is 0 Å². The first-order valence-corrected chi connectivity index (χ1v) is 7.45. The van der Waals surface area contributed by atoms with Gasteiger partial charge in [-0.2, -0.15) is 26.3 Å². The maximum absolute atomic E-state index is 13.1. The first-order chi connectivity index (χ1) is 12.6. The summed E-state index contributed by atoms with van der Waals surface area (Å²) in [6.07, 6.45) is -9.42. The van der Waals surface area contributed by atoms with Gasteiger partial charge in [-0.3, -0.25) is 0 Å². The molecule has 4 nitrogen and oxygen atoms in total. The van der Waals surface area contributed by atoms with Crippen LogP contribution < -0.4 is 10.1 Å². The van der Waals surface area contributed by atoms with Crippen molar-refractivity contribution in [1.82, 2.24) is 9.97 Å². The fraction of sp³-hybridized carbons (Fsp3) is 0.176. The number of benzene rings is 2. The first-order valence-electron chi connectivity index (χ1n) is 7.45. The van der Waals surface area contributed by atoms with Gasteiger partial charge in [0.2, 0.25) is 5.82 Å². The van der Waals surface area contributed by atoms with Gasteiger partial charge in [0.15, 0.2) is 0 Å². The van der Waals surface area contributed by atoms with E-state index < -0.39 is 23.7 Å². The number of aromatic nitrogens is 2. The second-order valence-electron chi connectivity index (χ2n) is 5.48. The molecule has 0 unspecified atom stereocenters. The fourth-order valence-corrected chi connectivity index (χ4v) is 2.37. The average Bonchev–Trinajstić information content (AvgIpc) is 2.59. The molecule has 2 aromatic carbocycles. The largest absolute Gasteiger partial charge is 0.497 e. The Labute approximate surface area is 148 Å². The zero-order valence-electron chi connectivity index (χ0n) is 13.6. The van der Waals surface area contributed by atoms with Crippen molar-refractivity contribution in [2.45, 2.75) is 12.4 Å². The van der Waals surface area contributed by atoms with Gasteiger partial charge in [0, 0.05) is 17.1 Å². The van der Waals surface area contributed by atoms with Crippen molar-refractivity contribution >= 4 is 22.4 Å². The Hall–Kier alpha value is -3.04. The lowest BCUT2D eigenvalue weighted by molar-refractivity contribution is -0.144. The smallest absolute Gasteiger partial charge is 0.451 e. The zero-order chi connectivity index (χ0) is 19.8. The van der Waals surface area contributed by atoms with E-state index in [9.17, 15) is 26.3 Å². The molecule has 0 saturated heterocycles. The minimum absolute atomic E-state index is 0.0613. The number of nitrogens with one attached hydrogen (secondary N) is 1.